The minimum atomic E-state index is -0.202. The van der Waals surface area contributed by atoms with Crippen LogP contribution in [0.1, 0.15) is 28.9 Å². The third kappa shape index (κ3) is 4.79. The number of likely N-dealkylation sites (N-methyl/N-ethyl adjacent to an activating group) is 1. The van der Waals surface area contributed by atoms with E-state index in [1.807, 2.05) is 61.9 Å². The minimum absolute atomic E-state index is 0.00832. The molecule has 3 aromatic rings. The molecule has 0 atom stereocenters. The number of para-hydroxylation sites is 1. The zero-order valence-electron chi connectivity index (χ0n) is 18.2. The SMILES string of the molecule is CCc1ccccc1NC(=O)CN(C)C(=O)Cn1c(C)cc(-c2csc(C)n2)c1C. The summed E-state index contributed by atoms with van der Waals surface area (Å²) in [6, 6.07) is 9.78. The van der Waals surface area contributed by atoms with Gasteiger partial charge in [-0.3, -0.25) is 9.59 Å². The Hall–Kier alpha value is -2.93. The molecule has 3 rings (SSSR count). The number of anilines is 1. The summed E-state index contributed by atoms with van der Waals surface area (Å²) >= 11 is 1.61. The lowest BCUT2D eigenvalue weighted by molar-refractivity contribution is -0.133. The van der Waals surface area contributed by atoms with Gasteiger partial charge in [-0.1, -0.05) is 25.1 Å². The molecule has 0 bridgehead atoms. The molecule has 1 N–H and O–H groups in total. The third-order valence-corrected chi connectivity index (χ3v) is 6.01. The Kier molecular flexibility index (Phi) is 6.72. The largest absolute Gasteiger partial charge is 0.339 e. The summed E-state index contributed by atoms with van der Waals surface area (Å²) in [4.78, 5) is 31.3. The van der Waals surface area contributed by atoms with Crippen molar-refractivity contribution < 1.29 is 9.59 Å². The topological polar surface area (TPSA) is 67.2 Å². The van der Waals surface area contributed by atoms with Crippen molar-refractivity contribution in [2.45, 2.75) is 40.7 Å². The Morgan fingerprint density at radius 3 is 2.60 bits per heavy atom. The van der Waals surface area contributed by atoms with Crippen LogP contribution in [0.15, 0.2) is 35.7 Å². The van der Waals surface area contributed by atoms with Crippen molar-refractivity contribution in [1.29, 1.82) is 0 Å². The number of nitrogens with one attached hydrogen (secondary N) is 1. The molecule has 0 saturated carbocycles. The molecule has 7 heteroatoms. The van der Waals surface area contributed by atoms with Crippen molar-refractivity contribution in [2.75, 3.05) is 18.9 Å². The lowest BCUT2D eigenvalue weighted by Crippen LogP contribution is -2.37. The number of carbonyl (C=O) groups excluding carboxylic acids is 2. The van der Waals surface area contributed by atoms with Gasteiger partial charge in [0.1, 0.15) is 6.54 Å². The molecule has 0 spiro atoms. The van der Waals surface area contributed by atoms with Crippen LogP contribution in [0.3, 0.4) is 0 Å². The van der Waals surface area contributed by atoms with Crippen LogP contribution < -0.4 is 5.32 Å². The van der Waals surface area contributed by atoms with Gasteiger partial charge < -0.3 is 14.8 Å². The van der Waals surface area contributed by atoms with Crippen molar-refractivity contribution in [3.8, 4) is 11.3 Å². The molecule has 0 fully saturated rings. The van der Waals surface area contributed by atoms with Crippen molar-refractivity contribution in [1.82, 2.24) is 14.5 Å². The second-order valence-corrected chi connectivity index (χ2v) is 8.49. The molecule has 0 aliphatic heterocycles. The van der Waals surface area contributed by atoms with Crippen LogP contribution in [0.4, 0.5) is 5.69 Å². The van der Waals surface area contributed by atoms with E-state index < -0.39 is 0 Å². The first kappa shape index (κ1) is 21.8. The number of hydrogen-bond acceptors (Lipinski definition) is 4. The van der Waals surface area contributed by atoms with Gasteiger partial charge in [-0.15, -0.1) is 11.3 Å². The molecule has 1 aromatic carbocycles. The maximum Gasteiger partial charge on any atom is 0.243 e. The Morgan fingerprint density at radius 2 is 1.93 bits per heavy atom. The van der Waals surface area contributed by atoms with Crippen LogP contribution >= 0.6 is 11.3 Å². The monoisotopic (exact) mass is 424 g/mol. The van der Waals surface area contributed by atoms with Gasteiger partial charge in [0, 0.05) is 35.1 Å². The van der Waals surface area contributed by atoms with E-state index in [1.165, 1.54) is 4.90 Å². The quantitative estimate of drug-likeness (QED) is 0.618. The average molecular weight is 425 g/mol. The zero-order valence-corrected chi connectivity index (χ0v) is 19.0. The van der Waals surface area contributed by atoms with Gasteiger partial charge in [0.05, 0.1) is 17.2 Å². The van der Waals surface area contributed by atoms with Gasteiger partial charge >= 0.3 is 0 Å². The zero-order chi connectivity index (χ0) is 21.8. The van der Waals surface area contributed by atoms with Gasteiger partial charge in [0.25, 0.3) is 0 Å². The molecule has 2 heterocycles. The number of aryl methyl sites for hydroxylation is 3. The van der Waals surface area contributed by atoms with Gasteiger partial charge in [0.2, 0.25) is 11.8 Å². The van der Waals surface area contributed by atoms with Crippen LogP contribution in [0.5, 0.6) is 0 Å². The second-order valence-electron chi connectivity index (χ2n) is 7.43. The fraction of sp³-hybridized carbons (Fsp3) is 0.348. The lowest BCUT2D eigenvalue weighted by Gasteiger charge is -2.19. The van der Waals surface area contributed by atoms with E-state index in [4.69, 9.17) is 0 Å². The number of benzene rings is 1. The van der Waals surface area contributed by atoms with E-state index >= 15 is 0 Å². The fourth-order valence-corrected chi connectivity index (χ4v) is 4.10. The summed E-state index contributed by atoms with van der Waals surface area (Å²) in [6.45, 7) is 8.21. The first-order valence-corrected chi connectivity index (χ1v) is 10.9. The van der Waals surface area contributed by atoms with Gasteiger partial charge in [-0.05, 0) is 44.9 Å². The highest BCUT2D eigenvalue weighted by Gasteiger charge is 2.18. The summed E-state index contributed by atoms with van der Waals surface area (Å²) in [5.74, 6) is -0.317. The minimum Gasteiger partial charge on any atom is -0.339 e. The maximum atomic E-state index is 12.8. The van der Waals surface area contributed by atoms with Crippen LogP contribution in [-0.4, -0.2) is 39.9 Å². The smallest absolute Gasteiger partial charge is 0.243 e. The lowest BCUT2D eigenvalue weighted by atomic mass is 10.1. The van der Waals surface area contributed by atoms with E-state index in [0.29, 0.717) is 0 Å². The highest BCUT2D eigenvalue weighted by molar-refractivity contribution is 7.09. The number of aromatic nitrogens is 2. The van der Waals surface area contributed by atoms with Gasteiger partial charge in [0.15, 0.2) is 0 Å². The maximum absolute atomic E-state index is 12.8. The summed E-state index contributed by atoms with van der Waals surface area (Å²) in [7, 11) is 1.66. The van der Waals surface area contributed by atoms with E-state index in [0.717, 1.165) is 45.3 Å². The number of amides is 2. The normalized spacial score (nSPS) is 10.8. The molecule has 30 heavy (non-hydrogen) atoms. The molecule has 0 aliphatic rings. The molecular formula is C23H28N4O2S. The fourth-order valence-electron chi connectivity index (χ4n) is 3.49. The van der Waals surface area contributed by atoms with E-state index in [2.05, 4.69) is 16.4 Å². The molecule has 0 radical (unpaired) electrons. The molecule has 2 amide bonds. The van der Waals surface area contributed by atoms with Crippen LogP contribution in [0, 0.1) is 20.8 Å². The summed E-state index contributed by atoms with van der Waals surface area (Å²) < 4.78 is 1.98. The van der Waals surface area contributed by atoms with Crippen LogP contribution in [-0.2, 0) is 22.6 Å². The van der Waals surface area contributed by atoms with Crippen LogP contribution in [0.2, 0.25) is 0 Å². The number of hydrogen-bond donors (Lipinski definition) is 1. The molecule has 0 unspecified atom stereocenters. The Labute approximate surface area is 181 Å². The molecule has 6 nitrogen and oxygen atoms in total. The molecule has 2 aromatic heterocycles. The predicted octanol–water partition coefficient (Wildman–Crippen LogP) is 4.20. The number of thiazole rings is 1. The standard InChI is InChI=1S/C23H28N4O2S/c1-6-18-9-7-8-10-20(18)25-22(28)12-26(5)23(29)13-27-15(2)11-19(16(27)3)21-14-30-17(4)24-21/h7-11,14H,6,12-13H2,1-5H3,(H,25,28). The number of rotatable bonds is 7. The highest BCUT2D eigenvalue weighted by atomic mass is 32.1. The van der Waals surface area contributed by atoms with Crippen molar-refractivity contribution >= 4 is 28.8 Å². The molecule has 0 saturated heterocycles. The van der Waals surface area contributed by atoms with Crippen molar-refractivity contribution in [3.63, 3.8) is 0 Å². The molecule has 0 aliphatic carbocycles. The van der Waals surface area contributed by atoms with Crippen molar-refractivity contribution in [2.24, 2.45) is 0 Å². The third-order valence-electron chi connectivity index (χ3n) is 5.24. The van der Waals surface area contributed by atoms with E-state index in [-0.39, 0.29) is 24.9 Å². The van der Waals surface area contributed by atoms with Crippen LogP contribution in [0.25, 0.3) is 11.3 Å². The first-order valence-electron chi connectivity index (χ1n) is 10.0. The van der Waals surface area contributed by atoms with E-state index in [9.17, 15) is 9.59 Å². The Balaban J connectivity index is 1.66. The summed E-state index contributed by atoms with van der Waals surface area (Å²) in [6.07, 6.45) is 0.832. The first-order chi connectivity index (χ1) is 14.3. The predicted molar refractivity (Wildman–Crippen MR) is 122 cm³/mol. The molecule has 158 valence electrons. The summed E-state index contributed by atoms with van der Waals surface area (Å²) in [5, 5.41) is 5.97. The van der Waals surface area contributed by atoms with Gasteiger partial charge in [-0.25, -0.2) is 4.98 Å². The van der Waals surface area contributed by atoms with Crippen molar-refractivity contribution in [3.05, 3.63) is 57.7 Å². The van der Waals surface area contributed by atoms with Gasteiger partial charge in [-0.2, -0.15) is 0 Å². The van der Waals surface area contributed by atoms with E-state index in [1.54, 1.807) is 18.4 Å². The second kappa shape index (κ2) is 9.26. The summed E-state index contributed by atoms with van der Waals surface area (Å²) in [5.41, 5.74) is 5.85. The average Bonchev–Trinajstić information content (AvgIpc) is 3.26. The molecular weight excluding hydrogens is 396 g/mol. The highest BCUT2D eigenvalue weighted by Crippen LogP contribution is 2.28. The number of carbonyl (C=O) groups is 2. The Bertz CT molecular complexity index is 1070. The Morgan fingerprint density at radius 1 is 1.20 bits per heavy atom. The number of nitrogens with zero attached hydrogens (tertiary/aromatic N) is 3.